The Morgan fingerprint density at radius 1 is 1.00 bits per heavy atom. The van der Waals surface area contributed by atoms with E-state index in [0.717, 1.165) is 23.7 Å². The van der Waals surface area contributed by atoms with Crippen molar-refractivity contribution >= 4 is 0 Å². The van der Waals surface area contributed by atoms with Gasteiger partial charge in [0, 0.05) is 0 Å². The summed E-state index contributed by atoms with van der Waals surface area (Å²) in [6.07, 6.45) is 13.6. The van der Waals surface area contributed by atoms with Gasteiger partial charge >= 0.3 is 0 Å². The minimum atomic E-state index is 1.02. The molecule has 0 amide bonds. The van der Waals surface area contributed by atoms with E-state index >= 15 is 0 Å². The molecule has 0 aromatic carbocycles. The van der Waals surface area contributed by atoms with Gasteiger partial charge in [-0.05, 0) is 42.9 Å². The minimum absolute atomic E-state index is 1.02. The zero-order valence-corrected chi connectivity index (χ0v) is 10.7. The SMILES string of the molecule is CCCCC1C(C)CCC2CCCCC21. The van der Waals surface area contributed by atoms with Gasteiger partial charge in [0.2, 0.25) is 0 Å². The van der Waals surface area contributed by atoms with E-state index in [0.29, 0.717) is 0 Å². The van der Waals surface area contributed by atoms with Crippen LogP contribution in [0.3, 0.4) is 0 Å². The van der Waals surface area contributed by atoms with Crippen LogP contribution < -0.4 is 0 Å². The van der Waals surface area contributed by atoms with Crippen molar-refractivity contribution in [3.05, 3.63) is 0 Å². The van der Waals surface area contributed by atoms with E-state index in [2.05, 4.69) is 13.8 Å². The van der Waals surface area contributed by atoms with Gasteiger partial charge in [-0.15, -0.1) is 0 Å². The molecule has 0 bridgehead atoms. The quantitative estimate of drug-likeness (QED) is 0.610. The van der Waals surface area contributed by atoms with Crippen molar-refractivity contribution in [2.24, 2.45) is 23.7 Å². The highest BCUT2D eigenvalue weighted by molar-refractivity contribution is 4.88. The maximum Gasteiger partial charge on any atom is -0.0355 e. The van der Waals surface area contributed by atoms with Gasteiger partial charge < -0.3 is 0 Å². The standard InChI is InChI=1S/C15H28/c1-3-4-8-14-12(2)10-11-13-7-5-6-9-15(13)14/h12-15H,3-11H2,1-2H3. The molecule has 0 nitrogen and oxygen atoms in total. The third-order valence-electron chi connectivity index (χ3n) is 5.13. The average Bonchev–Trinajstić information content (AvgIpc) is 2.28. The third kappa shape index (κ3) is 2.57. The molecule has 15 heavy (non-hydrogen) atoms. The number of rotatable bonds is 3. The molecule has 0 radical (unpaired) electrons. The van der Waals surface area contributed by atoms with Crippen molar-refractivity contribution in [3.8, 4) is 0 Å². The highest BCUT2D eigenvalue weighted by Gasteiger charge is 2.37. The fourth-order valence-electron chi connectivity index (χ4n) is 4.21. The molecule has 4 unspecified atom stereocenters. The van der Waals surface area contributed by atoms with Gasteiger partial charge in [0.1, 0.15) is 0 Å². The monoisotopic (exact) mass is 208 g/mol. The van der Waals surface area contributed by atoms with E-state index in [4.69, 9.17) is 0 Å². The van der Waals surface area contributed by atoms with Crippen LogP contribution in [0.4, 0.5) is 0 Å². The Bertz CT molecular complexity index is 184. The predicted octanol–water partition coefficient (Wildman–Crippen LogP) is 5.03. The lowest BCUT2D eigenvalue weighted by Crippen LogP contribution is -2.35. The summed E-state index contributed by atoms with van der Waals surface area (Å²) in [6, 6.07) is 0. The number of hydrogen-bond acceptors (Lipinski definition) is 0. The first-order chi connectivity index (χ1) is 7.33. The van der Waals surface area contributed by atoms with Crippen LogP contribution in [-0.2, 0) is 0 Å². The molecule has 0 aromatic rings. The molecule has 2 aliphatic carbocycles. The molecule has 2 rings (SSSR count). The smallest absolute Gasteiger partial charge is 0.0355 e. The summed E-state index contributed by atoms with van der Waals surface area (Å²) >= 11 is 0. The van der Waals surface area contributed by atoms with Crippen LogP contribution in [0.2, 0.25) is 0 Å². The Balaban J connectivity index is 1.96. The summed E-state index contributed by atoms with van der Waals surface area (Å²) < 4.78 is 0. The molecule has 2 fully saturated rings. The van der Waals surface area contributed by atoms with Crippen LogP contribution in [-0.4, -0.2) is 0 Å². The molecule has 0 heterocycles. The van der Waals surface area contributed by atoms with Crippen LogP contribution in [0.25, 0.3) is 0 Å². The first kappa shape index (κ1) is 11.5. The Labute approximate surface area is 95.8 Å². The second kappa shape index (κ2) is 5.37. The van der Waals surface area contributed by atoms with Crippen LogP contribution in [0.5, 0.6) is 0 Å². The molecule has 0 N–H and O–H groups in total. The Morgan fingerprint density at radius 3 is 2.60 bits per heavy atom. The van der Waals surface area contributed by atoms with Crippen molar-refractivity contribution in [1.82, 2.24) is 0 Å². The third-order valence-corrected chi connectivity index (χ3v) is 5.13. The zero-order valence-electron chi connectivity index (χ0n) is 10.7. The van der Waals surface area contributed by atoms with E-state index in [1.54, 1.807) is 19.3 Å². The summed E-state index contributed by atoms with van der Waals surface area (Å²) in [5.41, 5.74) is 0. The molecule has 88 valence electrons. The van der Waals surface area contributed by atoms with Crippen LogP contribution >= 0.6 is 0 Å². The summed E-state index contributed by atoms with van der Waals surface area (Å²) in [7, 11) is 0. The molecule has 2 aliphatic rings. The van der Waals surface area contributed by atoms with E-state index < -0.39 is 0 Å². The van der Waals surface area contributed by atoms with Crippen molar-refractivity contribution in [2.75, 3.05) is 0 Å². The van der Waals surface area contributed by atoms with Crippen LogP contribution in [0, 0.1) is 23.7 Å². The van der Waals surface area contributed by atoms with Crippen LogP contribution in [0.15, 0.2) is 0 Å². The summed E-state index contributed by atoms with van der Waals surface area (Å²) in [6.45, 7) is 4.86. The lowest BCUT2D eigenvalue weighted by atomic mass is 9.61. The largest absolute Gasteiger partial charge is 0.0654 e. The van der Waals surface area contributed by atoms with E-state index in [9.17, 15) is 0 Å². The van der Waals surface area contributed by atoms with Crippen LogP contribution in [0.1, 0.15) is 71.6 Å². The molecular weight excluding hydrogens is 180 g/mol. The lowest BCUT2D eigenvalue weighted by Gasteiger charge is -2.45. The molecule has 4 atom stereocenters. The lowest BCUT2D eigenvalue weighted by molar-refractivity contribution is 0.0552. The number of hydrogen-bond donors (Lipinski definition) is 0. The first-order valence-corrected chi connectivity index (χ1v) is 7.33. The zero-order chi connectivity index (χ0) is 10.7. The van der Waals surface area contributed by atoms with Gasteiger partial charge in [0.15, 0.2) is 0 Å². The highest BCUT2D eigenvalue weighted by atomic mass is 14.4. The molecule has 0 saturated heterocycles. The van der Waals surface area contributed by atoms with Gasteiger partial charge in [-0.2, -0.15) is 0 Å². The maximum absolute atomic E-state index is 2.52. The maximum atomic E-state index is 2.52. The van der Waals surface area contributed by atoms with Crippen molar-refractivity contribution in [3.63, 3.8) is 0 Å². The second-order valence-electron chi connectivity index (χ2n) is 6.07. The predicted molar refractivity (Wildman–Crippen MR) is 66.9 cm³/mol. The normalized spacial score (nSPS) is 41.2. The number of fused-ring (bicyclic) bond motifs is 1. The fourth-order valence-corrected chi connectivity index (χ4v) is 4.21. The molecule has 0 aliphatic heterocycles. The Kier molecular flexibility index (Phi) is 4.11. The molecular formula is C15H28. The molecule has 0 aromatic heterocycles. The Morgan fingerprint density at radius 2 is 1.80 bits per heavy atom. The Hall–Kier alpha value is 0. The summed E-state index contributed by atoms with van der Waals surface area (Å²) in [5.74, 6) is 4.35. The number of unbranched alkanes of at least 4 members (excludes halogenated alkanes) is 1. The van der Waals surface area contributed by atoms with E-state index in [-0.39, 0.29) is 0 Å². The average molecular weight is 208 g/mol. The first-order valence-electron chi connectivity index (χ1n) is 7.33. The summed E-state index contributed by atoms with van der Waals surface area (Å²) in [4.78, 5) is 0. The van der Waals surface area contributed by atoms with E-state index in [1.807, 2.05) is 0 Å². The highest BCUT2D eigenvalue weighted by Crippen LogP contribution is 2.47. The van der Waals surface area contributed by atoms with Gasteiger partial charge in [0.05, 0.1) is 0 Å². The van der Waals surface area contributed by atoms with Gasteiger partial charge in [-0.3, -0.25) is 0 Å². The molecule has 0 heteroatoms. The fraction of sp³-hybridized carbons (Fsp3) is 1.00. The minimum Gasteiger partial charge on any atom is -0.0654 e. The molecule has 0 spiro atoms. The second-order valence-corrected chi connectivity index (χ2v) is 6.07. The van der Waals surface area contributed by atoms with Gasteiger partial charge in [0.25, 0.3) is 0 Å². The van der Waals surface area contributed by atoms with Crippen molar-refractivity contribution in [2.45, 2.75) is 71.6 Å². The molecule has 2 saturated carbocycles. The van der Waals surface area contributed by atoms with Crippen molar-refractivity contribution < 1.29 is 0 Å². The van der Waals surface area contributed by atoms with Gasteiger partial charge in [-0.25, -0.2) is 0 Å². The van der Waals surface area contributed by atoms with E-state index in [1.165, 1.54) is 38.5 Å². The van der Waals surface area contributed by atoms with Gasteiger partial charge in [-0.1, -0.05) is 52.4 Å². The van der Waals surface area contributed by atoms with Crippen molar-refractivity contribution in [1.29, 1.82) is 0 Å². The topological polar surface area (TPSA) is 0 Å². The summed E-state index contributed by atoms with van der Waals surface area (Å²) in [5, 5.41) is 0.